The van der Waals surface area contributed by atoms with Crippen LogP contribution in [0.2, 0.25) is 0 Å². The van der Waals surface area contributed by atoms with Crippen LogP contribution in [0.5, 0.6) is 0 Å². The van der Waals surface area contributed by atoms with Gasteiger partial charge in [0.05, 0.1) is 12.2 Å². The Morgan fingerprint density at radius 3 is 2.53 bits per heavy atom. The highest BCUT2D eigenvalue weighted by Crippen LogP contribution is 2.19. The first-order chi connectivity index (χ1) is 9.20. The summed E-state index contributed by atoms with van der Waals surface area (Å²) < 4.78 is 26.9. The summed E-state index contributed by atoms with van der Waals surface area (Å²) in [5, 5.41) is 5.50. The van der Waals surface area contributed by atoms with Crippen molar-refractivity contribution in [3.8, 4) is 0 Å². The van der Waals surface area contributed by atoms with E-state index in [2.05, 4.69) is 25.6 Å². The molecule has 0 aromatic carbocycles. The van der Waals surface area contributed by atoms with Crippen LogP contribution in [0.25, 0.3) is 0 Å². The highest BCUT2D eigenvalue weighted by molar-refractivity contribution is 5.47. The molecule has 2 aromatic rings. The fraction of sp³-hybridized carbons (Fsp3) is 0.250. The van der Waals surface area contributed by atoms with Gasteiger partial charge in [-0.1, -0.05) is 0 Å². The zero-order chi connectivity index (χ0) is 13.7. The summed E-state index contributed by atoms with van der Waals surface area (Å²) in [6, 6.07) is 2.49. The van der Waals surface area contributed by atoms with Gasteiger partial charge in [-0.25, -0.2) is 23.7 Å². The minimum Gasteiger partial charge on any atom is -0.368 e. The molecule has 0 saturated heterocycles. The van der Waals surface area contributed by atoms with E-state index in [-0.39, 0.29) is 18.2 Å². The van der Waals surface area contributed by atoms with E-state index >= 15 is 0 Å². The number of rotatable bonds is 5. The summed E-state index contributed by atoms with van der Waals surface area (Å²) in [5.41, 5.74) is 0.686. The van der Waals surface area contributed by atoms with Crippen LogP contribution in [0.1, 0.15) is 12.6 Å². The van der Waals surface area contributed by atoms with E-state index in [9.17, 15) is 8.78 Å². The van der Waals surface area contributed by atoms with Gasteiger partial charge in [-0.3, -0.25) is 0 Å². The molecule has 0 aliphatic carbocycles. The van der Waals surface area contributed by atoms with Gasteiger partial charge in [0.2, 0.25) is 0 Å². The molecule has 5 nitrogen and oxygen atoms in total. The van der Waals surface area contributed by atoms with Gasteiger partial charge < -0.3 is 10.6 Å². The lowest BCUT2D eigenvalue weighted by molar-refractivity contribution is 0.578. The van der Waals surface area contributed by atoms with Gasteiger partial charge in [0.15, 0.2) is 23.3 Å². The van der Waals surface area contributed by atoms with Crippen LogP contribution in [0, 0.1) is 11.6 Å². The van der Waals surface area contributed by atoms with Crippen LogP contribution in [-0.4, -0.2) is 21.5 Å². The number of nitrogens with zero attached hydrogens (tertiary/aromatic N) is 3. The van der Waals surface area contributed by atoms with Gasteiger partial charge in [0.1, 0.15) is 6.33 Å². The smallest absolute Gasteiger partial charge is 0.168 e. The third-order valence-electron chi connectivity index (χ3n) is 2.35. The molecule has 2 heterocycles. The van der Waals surface area contributed by atoms with Crippen LogP contribution in [0.15, 0.2) is 24.7 Å². The Balaban J connectivity index is 2.13. The maximum Gasteiger partial charge on any atom is 0.168 e. The molecule has 0 aliphatic heterocycles. The third-order valence-corrected chi connectivity index (χ3v) is 2.35. The summed E-state index contributed by atoms with van der Waals surface area (Å²) in [6.45, 7) is 2.59. The summed E-state index contributed by atoms with van der Waals surface area (Å²) >= 11 is 0. The number of hydrogen-bond acceptors (Lipinski definition) is 5. The first-order valence-corrected chi connectivity index (χ1v) is 5.79. The lowest BCUT2D eigenvalue weighted by atomic mass is 10.3. The largest absolute Gasteiger partial charge is 0.368 e. The fourth-order valence-corrected chi connectivity index (χ4v) is 1.48. The van der Waals surface area contributed by atoms with E-state index in [1.807, 2.05) is 0 Å². The van der Waals surface area contributed by atoms with Crippen LogP contribution in [-0.2, 0) is 6.54 Å². The molecule has 0 atom stereocenters. The lowest BCUT2D eigenvalue weighted by Gasteiger charge is -2.09. The number of pyridine rings is 1. The third kappa shape index (κ3) is 3.34. The molecule has 2 rings (SSSR count). The molecule has 19 heavy (non-hydrogen) atoms. The molecule has 0 spiro atoms. The second-order valence-corrected chi connectivity index (χ2v) is 3.73. The molecule has 0 saturated carbocycles. The molecule has 7 heteroatoms. The Bertz CT molecular complexity index is 547. The van der Waals surface area contributed by atoms with Crippen molar-refractivity contribution in [1.29, 1.82) is 0 Å². The maximum absolute atomic E-state index is 13.5. The molecular weight excluding hydrogens is 252 g/mol. The molecule has 0 bridgehead atoms. The van der Waals surface area contributed by atoms with Gasteiger partial charge >= 0.3 is 0 Å². The quantitative estimate of drug-likeness (QED) is 0.867. The maximum atomic E-state index is 13.5. The van der Waals surface area contributed by atoms with E-state index in [1.54, 1.807) is 19.2 Å². The van der Waals surface area contributed by atoms with Crippen molar-refractivity contribution < 1.29 is 8.78 Å². The number of nitrogens with one attached hydrogen (secondary N) is 2. The van der Waals surface area contributed by atoms with Gasteiger partial charge in [-0.15, -0.1) is 0 Å². The fourth-order valence-electron chi connectivity index (χ4n) is 1.48. The minimum atomic E-state index is -0.742. The van der Waals surface area contributed by atoms with Gasteiger partial charge in [-0.2, -0.15) is 0 Å². The Hall–Kier alpha value is -2.31. The summed E-state index contributed by atoms with van der Waals surface area (Å²) in [7, 11) is 0. The monoisotopic (exact) mass is 265 g/mol. The van der Waals surface area contributed by atoms with Crippen molar-refractivity contribution in [3.63, 3.8) is 0 Å². The summed E-state index contributed by atoms with van der Waals surface area (Å²) in [6.07, 6.45) is 2.98. The zero-order valence-electron chi connectivity index (χ0n) is 10.3. The zero-order valence-corrected chi connectivity index (χ0v) is 10.3. The second-order valence-electron chi connectivity index (χ2n) is 3.73. The molecule has 0 amide bonds. The summed E-state index contributed by atoms with van der Waals surface area (Å²) in [4.78, 5) is 11.6. The average Bonchev–Trinajstić information content (AvgIpc) is 2.42. The van der Waals surface area contributed by atoms with Crippen LogP contribution >= 0.6 is 0 Å². The molecule has 100 valence electrons. The molecule has 0 unspecified atom stereocenters. The van der Waals surface area contributed by atoms with Crippen molar-refractivity contribution in [2.75, 3.05) is 17.2 Å². The van der Waals surface area contributed by atoms with Crippen LogP contribution < -0.4 is 10.6 Å². The highest BCUT2D eigenvalue weighted by atomic mass is 19.1. The molecular formula is C12H13F2N5. The predicted molar refractivity (Wildman–Crippen MR) is 67.7 cm³/mol. The van der Waals surface area contributed by atoms with Crippen molar-refractivity contribution in [2.45, 2.75) is 13.5 Å². The number of aromatic nitrogens is 3. The topological polar surface area (TPSA) is 62.7 Å². The van der Waals surface area contributed by atoms with E-state index in [1.165, 1.54) is 6.33 Å². The minimum absolute atomic E-state index is 0.0176. The lowest BCUT2D eigenvalue weighted by Crippen LogP contribution is -2.09. The van der Waals surface area contributed by atoms with Crippen molar-refractivity contribution >= 4 is 11.6 Å². The Labute approximate surface area is 109 Å². The molecule has 0 fully saturated rings. The number of hydrogen-bond donors (Lipinski definition) is 2. The first kappa shape index (κ1) is 13.1. The molecule has 0 radical (unpaired) electrons. The molecule has 2 N–H and O–H groups in total. The van der Waals surface area contributed by atoms with E-state index in [0.29, 0.717) is 12.2 Å². The first-order valence-electron chi connectivity index (χ1n) is 5.79. The highest BCUT2D eigenvalue weighted by Gasteiger charge is 2.11. The summed E-state index contributed by atoms with van der Waals surface area (Å²) in [5.74, 6) is -1.45. The van der Waals surface area contributed by atoms with Crippen LogP contribution in [0.4, 0.5) is 20.4 Å². The number of anilines is 2. The van der Waals surface area contributed by atoms with E-state index < -0.39 is 11.6 Å². The normalized spacial score (nSPS) is 10.3. The second kappa shape index (κ2) is 6.03. The van der Waals surface area contributed by atoms with Crippen molar-refractivity contribution in [3.05, 3.63) is 42.0 Å². The van der Waals surface area contributed by atoms with Crippen molar-refractivity contribution in [1.82, 2.24) is 15.0 Å². The van der Waals surface area contributed by atoms with E-state index in [4.69, 9.17) is 0 Å². The van der Waals surface area contributed by atoms with E-state index in [0.717, 1.165) is 6.07 Å². The van der Waals surface area contributed by atoms with Gasteiger partial charge in [0.25, 0.3) is 0 Å². The van der Waals surface area contributed by atoms with Crippen molar-refractivity contribution in [2.24, 2.45) is 0 Å². The Kier molecular flexibility index (Phi) is 4.17. The Morgan fingerprint density at radius 1 is 1.16 bits per heavy atom. The molecule has 0 aliphatic rings. The standard InChI is InChI=1S/C12H13F2N5/c1-2-16-11-9(13)5-10(14)12(19-11)17-6-8-3-4-15-7-18-8/h3-5,7H,2,6H2,1H3,(H2,16,17,19). The van der Waals surface area contributed by atoms with Gasteiger partial charge in [-0.05, 0) is 13.0 Å². The predicted octanol–water partition coefficient (Wildman–Crippen LogP) is 2.19. The van der Waals surface area contributed by atoms with Gasteiger partial charge in [0, 0.05) is 18.8 Å². The Morgan fingerprint density at radius 2 is 1.89 bits per heavy atom. The molecule has 2 aromatic heterocycles. The van der Waals surface area contributed by atoms with Crippen LogP contribution in [0.3, 0.4) is 0 Å². The SMILES string of the molecule is CCNc1nc(NCc2ccncn2)c(F)cc1F. The number of halogens is 2. The average molecular weight is 265 g/mol.